The van der Waals surface area contributed by atoms with Crippen molar-refractivity contribution in [1.82, 2.24) is 25.3 Å². The van der Waals surface area contributed by atoms with Gasteiger partial charge in [0.2, 0.25) is 0 Å². The van der Waals surface area contributed by atoms with Gasteiger partial charge in [-0.3, -0.25) is 15.0 Å². The highest BCUT2D eigenvalue weighted by atomic mass is 19.4. The molecule has 2 aromatic heterocycles. The van der Waals surface area contributed by atoms with Gasteiger partial charge >= 0.3 is 6.18 Å². The molecule has 10 heteroatoms. The molecule has 1 saturated heterocycles. The van der Waals surface area contributed by atoms with E-state index in [0.29, 0.717) is 37.4 Å². The maximum atomic E-state index is 12.6. The van der Waals surface area contributed by atoms with Crippen LogP contribution in [0.2, 0.25) is 0 Å². The monoisotopic (exact) mass is 433 g/mol. The van der Waals surface area contributed by atoms with Crippen LogP contribution in [0.5, 0.6) is 5.75 Å². The van der Waals surface area contributed by atoms with Crippen LogP contribution in [0.1, 0.15) is 45.3 Å². The average Bonchev–Trinajstić information content (AvgIpc) is 3.48. The zero-order chi connectivity index (χ0) is 22.0. The molecule has 3 aromatic rings. The van der Waals surface area contributed by atoms with Gasteiger partial charge in [0.15, 0.2) is 0 Å². The van der Waals surface area contributed by atoms with E-state index in [-0.39, 0.29) is 11.8 Å². The Kier molecular flexibility index (Phi) is 5.71. The minimum Gasteiger partial charge on any atom is -0.493 e. The number of aromatic nitrogens is 4. The van der Waals surface area contributed by atoms with Crippen LogP contribution in [0.4, 0.5) is 13.2 Å². The van der Waals surface area contributed by atoms with E-state index in [2.05, 4.69) is 20.4 Å². The Bertz CT molecular complexity index is 1040. The second-order valence-electron chi connectivity index (χ2n) is 7.58. The quantitative estimate of drug-likeness (QED) is 0.621. The van der Waals surface area contributed by atoms with E-state index in [1.54, 1.807) is 6.20 Å². The van der Waals surface area contributed by atoms with Gasteiger partial charge in [0, 0.05) is 36.8 Å². The van der Waals surface area contributed by atoms with E-state index in [1.165, 1.54) is 12.1 Å². The number of hydrogen-bond acceptors (Lipinski definition) is 4. The standard InChI is InChI=1S/C21H22F3N5O2/c1-13-18(11-25-26-13)20(30)29-8-6-14(12-29)19-10-16(27-28-19)7-9-31-17-4-2-15(3-5-17)21(22,23)24/h2-5,10-11,14H,6-9,12H2,1H3,(H,25,26)(H,27,28). The summed E-state index contributed by atoms with van der Waals surface area (Å²) in [7, 11) is 0. The molecule has 3 heterocycles. The van der Waals surface area contributed by atoms with Crippen molar-refractivity contribution < 1.29 is 22.7 Å². The summed E-state index contributed by atoms with van der Waals surface area (Å²) in [6.45, 7) is 3.38. The van der Waals surface area contributed by atoms with E-state index >= 15 is 0 Å². The first-order chi connectivity index (χ1) is 14.8. The zero-order valence-corrected chi connectivity index (χ0v) is 16.9. The van der Waals surface area contributed by atoms with E-state index in [4.69, 9.17) is 4.74 Å². The molecular formula is C21H22F3N5O2. The van der Waals surface area contributed by atoms with Crippen LogP contribution in [-0.2, 0) is 12.6 Å². The second-order valence-corrected chi connectivity index (χ2v) is 7.58. The predicted octanol–water partition coefficient (Wildman–Crippen LogP) is 3.71. The molecule has 1 atom stereocenters. The molecule has 1 unspecified atom stereocenters. The minimum absolute atomic E-state index is 0.0329. The molecule has 1 aliphatic rings. The van der Waals surface area contributed by atoms with Crippen LogP contribution in [0.15, 0.2) is 36.5 Å². The molecular weight excluding hydrogens is 411 g/mol. The molecule has 31 heavy (non-hydrogen) atoms. The third-order valence-electron chi connectivity index (χ3n) is 5.43. The molecule has 1 fully saturated rings. The topological polar surface area (TPSA) is 86.9 Å². The lowest BCUT2D eigenvalue weighted by molar-refractivity contribution is -0.137. The molecule has 1 aromatic carbocycles. The molecule has 2 N–H and O–H groups in total. The van der Waals surface area contributed by atoms with Crippen molar-refractivity contribution in [3.05, 3.63) is 64.7 Å². The number of nitrogens with one attached hydrogen (secondary N) is 2. The number of carbonyl (C=O) groups excluding carboxylic acids is 1. The second kappa shape index (κ2) is 8.44. The number of alkyl halides is 3. The number of carbonyl (C=O) groups is 1. The summed E-state index contributed by atoms with van der Waals surface area (Å²) in [6.07, 6.45) is -1.44. The van der Waals surface area contributed by atoms with E-state index < -0.39 is 11.7 Å². The average molecular weight is 433 g/mol. The number of aromatic amines is 2. The lowest BCUT2D eigenvalue weighted by Crippen LogP contribution is -2.28. The maximum absolute atomic E-state index is 12.6. The van der Waals surface area contributed by atoms with Crippen molar-refractivity contribution in [2.75, 3.05) is 19.7 Å². The first-order valence-electron chi connectivity index (χ1n) is 9.95. The maximum Gasteiger partial charge on any atom is 0.416 e. The number of hydrogen-bond donors (Lipinski definition) is 2. The highest BCUT2D eigenvalue weighted by Crippen LogP contribution is 2.30. The number of aryl methyl sites for hydroxylation is 1. The van der Waals surface area contributed by atoms with E-state index in [0.717, 1.165) is 35.6 Å². The number of likely N-dealkylation sites (tertiary alicyclic amines) is 1. The van der Waals surface area contributed by atoms with Crippen LogP contribution >= 0.6 is 0 Å². The lowest BCUT2D eigenvalue weighted by Gasteiger charge is -2.15. The molecule has 0 radical (unpaired) electrons. The normalized spacial score (nSPS) is 16.6. The Balaban J connectivity index is 1.28. The lowest BCUT2D eigenvalue weighted by atomic mass is 10.0. The van der Waals surface area contributed by atoms with Crippen LogP contribution in [-0.4, -0.2) is 50.9 Å². The summed E-state index contributed by atoms with van der Waals surface area (Å²) in [5.74, 6) is 0.499. The molecule has 7 nitrogen and oxygen atoms in total. The highest BCUT2D eigenvalue weighted by Gasteiger charge is 2.31. The SMILES string of the molecule is Cc1[nH]ncc1C(=O)N1CCC(c2cc(CCOc3ccc(C(F)(F)F)cc3)[nH]n2)C1. The number of benzene rings is 1. The molecule has 4 rings (SSSR count). The van der Waals surface area contributed by atoms with E-state index in [1.807, 2.05) is 17.9 Å². The summed E-state index contributed by atoms with van der Waals surface area (Å²) >= 11 is 0. The van der Waals surface area contributed by atoms with Gasteiger partial charge < -0.3 is 9.64 Å². The van der Waals surface area contributed by atoms with Crippen LogP contribution in [0, 0.1) is 6.92 Å². The highest BCUT2D eigenvalue weighted by molar-refractivity contribution is 5.95. The third kappa shape index (κ3) is 4.73. The number of halogens is 3. The summed E-state index contributed by atoms with van der Waals surface area (Å²) < 4.78 is 43.3. The molecule has 0 saturated carbocycles. The summed E-state index contributed by atoms with van der Waals surface area (Å²) in [5, 5.41) is 14.0. The van der Waals surface area contributed by atoms with Gasteiger partial charge in [-0.15, -0.1) is 0 Å². The fourth-order valence-corrected chi connectivity index (χ4v) is 3.66. The molecule has 1 amide bonds. The third-order valence-corrected chi connectivity index (χ3v) is 5.43. The van der Waals surface area contributed by atoms with Crippen LogP contribution in [0.3, 0.4) is 0 Å². The van der Waals surface area contributed by atoms with Crippen molar-refractivity contribution in [3.63, 3.8) is 0 Å². The Labute approximate surface area is 176 Å². The fraction of sp³-hybridized carbons (Fsp3) is 0.381. The van der Waals surface area contributed by atoms with Crippen LogP contribution < -0.4 is 4.74 Å². The summed E-state index contributed by atoms with van der Waals surface area (Å²) in [5.41, 5.74) is 2.40. The molecule has 1 aliphatic heterocycles. The van der Waals surface area contributed by atoms with Gasteiger partial charge in [-0.1, -0.05) is 0 Å². The van der Waals surface area contributed by atoms with Gasteiger partial charge in [0.05, 0.1) is 29.6 Å². The summed E-state index contributed by atoms with van der Waals surface area (Å²) in [4.78, 5) is 14.4. The van der Waals surface area contributed by atoms with Gasteiger partial charge in [-0.05, 0) is 43.7 Å². The van der Waals surface area contributed by atoms with Crippen LogP contribution in [0.25, 0.3) is 0 Å². The van der Waals surface area contributed by atoms with Gasteiger partial charge in [0.25, 0.3) is 5.91 Å². The number of rotatable bonds is 6. The number of H-pyrrole nitrogens is 2. The van der Waals surface area contributed by atoms with Crippen molar-refractivity contribution in [2.24, 2.45) is 0 Å². The zero-order valence-electron chi connectivity index (χ0n) is 16.9. The number of amides is 1. The Hall–Kier alpha value is -3.30. The molecule has 0 bridgehead atoms. The van der Waals surface area contributed by atoms with E-state index in [9.17, 15) is 18.0 Å². The largest absolute Gasteiger partial charge is 0.493 e. The van der Waals surface area contributed by atoms with Crippen molar-refractivity contribution >= 4 is 5.91 Å². The van der Waals surface area contributed by atoms with Gasteiger partial charge in [-0.2, -0.15) is 23.4 Å². The number of ether oxygens (including phenoxy) is 1. The fourth-order valence-electron chi connectivity index (χ4n) is 3.66. The minimum atomic E-state index is -4.36. The van der Waals surface area contributed by atoms with Crippen molar-refractivity contribution in [3.8, 4) is 5.75 Å². The number of nitrogens with zero attached hydrogens (tertiary/aromatic N) is 3. The van der Waals surface area contributed by atoms with Crippen molar-refractivity contribution in [2.45, 2.75) is 31.9 Å². The van der Waals surface area contributed by atoms with Gasteiger partial charge in [-0.25, -0.2) is 0 Å². The Morgan fingerprint density at radius 1 is 1.26 bits per heavy atom. The van der Waals surface area contributed by atoms with Crippen molar-refractivity contribution in [1.29, 1.82) is 0 Å². The molecule has 164 valence electrons. The van der Waals surface area contributed by atoms with Gasteiger partial charge in [0.1, 0.15) is 5.75 Å². The Morgan fingerprint density at radius 2 is 2.03 bits per heavy atom. The smallest absolute Gasteiger partial charge is 0.416 e. The molecule has 0 aliphatic carbocycles. The summed E-state index contributed by atoms with van der Waals surface area (Å²) in [6, 6.07) is 6.58. The first kappa shape index (κ1) is 21.0. The first-order valence-corrected chi connectivity index (χ1v) is 9.95. The predicted molar refractivity (Wildman–Crippen MR) is 106 cm³/mol. The Morgan fingerprint density at radius 3 is 2.71 bits per heavy atom. The molecule has 0 spiro atoms.